The molecule has 2 aromatic rings. The molecule has 0 bridgehead atoms. The Morgan fingerprint density at radius 1 is 1.35 bits per heavy atom. The molecule has 4 nitrogen and oxygen atoms in total. The largest absolute Gasteiger partial charge is 0.494 e. The van der Waals surface area contributed by atoms with E-state index in [0.717, 1.165) is 21.9 Å². The summed E-state index contributed by atoms with van der Waals surface area (Å²) in [6.45, 7) is 5.15. The number of hydrogen-bond donors (Lipinski definition) is 2. The molecule has 0 radical (unpaired) electrons. The van der Waals surface area contributed by atoms with E-state index < -0.39 is 5.97 Å². The Bertz CT molecular complexity index is 590. The quantitative estimate of drug-likeness (QED) is 0.850. The number of carboxylic acids is 1. The molecule has 0 aliphatic heterocycles. The normalized spacial score (nSPS) is 10.3. The van der Waals surface area contributed by atoms with Crippen LogP contribution in [0.5, 0.6) is 5.75 Å². The number of benzene rings is 1. The molecular weight excluding hydrogens is 274 g/mol. The van der Waals surface area contributed by atoms with Gasteiger partial charge in [-0.25, -0.2) is 4.79 Å². The third-order valence-corrected chi connectivity index (χ3v) is 3.96. The molecule has 0 saturated carbocycles. The van der Waals surface area contributed by atoms with Crippen LogP contribution >= 0.6 is 11.3 Å². The van der Waals surface area contributed by atoms with Crippen LogP contribution in [0.25, 0.3) is 0 Å². The molecule has 0 saturated heterocycles. The second kappa shape index (κ2) is 6.43. The summed E-state index contributed by atoms with van der Waals surface area (Å²) in [5.74, 6) is -0.0247. The molecule has 0 atom stereocenters. The predicted molar refractivity (Wildman–Crippen MR) is 81.0 cm³/mol. The minimum atomic E-state index is -0.870. The zero-order valence-corrected chi connectivity index (χ0v) is 12.3. The van der Waals surface area contributed by atoms with Gasteiger partial charge >= 0.3 is 5.97 Å². The van der Waals surface area contributed by atoms with E-state index in [2.05, 4.69) is 5.32 Å². The first kappa shape index (κ1) is 14.4. The summed E-state index contributed by atoms with van der Waals surface area (Å²) in [4.78, 5) is 12.3. The Kier molecular flexibility index (Phi) is 4.63. The van der Waals surface area contributed by atoms with Crippen LogP contribution in [0.3, 0.4) is 0 Å². The molecule has 0 unspecified atom stereocenters. The molecule has 0 aliphatic rings. The zero-order valence-electron chi connectivity index (χ0n) is 11.5. The monoisotopic (exact) mass is 291 g/mol. The van der Waals surface area contributed by atoms with Crippen molar-refractivity contribution in [2.24, 2.45) is 0 Å². The molecule has 20 heavy (non-hydrogen) atoms. The van der Waals surface area contributed by atoms with Gasteiger partial charge in [0.1, 0.15) is 10.6 Å². The number of rotatable bonds is 6. The number of aryl methyl sites for hydroxylation is 1. The maximum Gasteiger partial charge on any atom is 0.345 e. The minimum absolute atomic E-state index is 0.381. The lowest BCUT2D eigenvalue weighted by Crippen LogP contribution is -2.00. The Hall–Kier alpha value is -2.01. The van der Waals surface area contributed by atoms with Crippen LogP contribution in [-0.2, 0) is 6.54 Å². The van der Waals surface area contributed by atoms with E-state index in [1.165, 1.54) is 11.3 Å². The molecule has 0 amide bonds. The topological polar surface area (TPSA) is 58.6 Å². The summed E-state index contributed by atoms with van der Waals surface area (Å²) in [7, 11) is 0. The van der Waals surface area contributed by atoms with E-state index in [-0.39, 0.29) is 0 Å². The van der Waals surface area contributed by atoms with Gasteiger partial charge in [0.25, 0.3) is 0 Å². The van der Waals surface area contributed by atoms with Crippen LogP contribution in [0.1, 0.15) is 27.0 Å². The summed E-state index contributed by atoms with van der Waals surface area (Å²) in [6.07, 6.45) is 0. The van der Waals surface area contributed by atoms with Gasteiger partial charge in [-0.1, -0.05) is 0 Å². The SMILES string of the molecule is CCOc1ccc(NCc2cc(C(=O)O)sc2C)cc1. The van der Waals surface area contributed by atoms with Crippen LogP contribution in [0.2, 0.25) is 0 Å². The average Bonchev–Trinajstić information content (AvgIpc) is 2.80. The number of carbonyl (C=O) groups is 1. The van der Waals surface area contributed by atoms with E-state index in [1.807, 2.05) is 38.1 Å². The highest BCUT2D eigenvalue weighted by molar-refractivity contribution is 7.14. The maximum atomic E-state index is 10.9. The Morgan fingerprint density at radius 3 is 2.60 bits per heavy atom. The third-order valence-electron chi connectivity index (χ3n) is 2.88. The van der Waals surface area contributed by atoms with Crippen molar-refractivity contribution < 1.29 is 14.6 Å². The number of hydrogen-bond acceptors (Lipinski definition) is 4. The third kappa shape index (κ3) is 3.51. The van der Waals surface area contributed by atoms with Crippen molar-refractivity contribution in [3.05, 3.63) is 45.6 Å². The molecule has 5 heteroatoms. The van der Waals surface area contributed by atoms with Gasteiger partial charge in [0.05, 0.1) is 6.61 Å². The molecule has 1 aromatic heterocycles. The van der Waals surface area contributed by atoms with Crippen molar-refractivity contribution in [3.63, 3.8) is 0 Å². The van der Waals surface area contributed by atoms with Gasteiger partial charge in [-0.15, -0.1) is 11.3 Å². The van der Waals surface area contributed by atoms with E-state index in [1.54, 1.807) is 6.07 Å². The average molecular weight is 291 g/mol. The number of aromatic carboxylic acids is 1. The zero-order chi connectivity index (χ0) is 14.5. The van der Waals surface area contributed by atoms with Gasteiger partial charge in [0, 0.05) is 17.1 Å². The van der Waals surface area contributed by atoms with Gasteiger partial charge in [-0.05, 0) is 49.7 Å². The van der Waals surface area contributed by atoms with Crippen LogP contribution < -0.4 is 10.1 Å². The highest BCUT2D eigenvalue weighted by Crippen LogP contribution is 2.23. The van der Waals surface area contributed by atoms with Crippen molar-refractivity contribution in [1.29, 1.82) is 0 Å². The minimum Gasteiger partial charge on any atom is -0.494 e. The van der Waals surface area contributed by atoms with Gasteiger partial charge in [0.15, 0.2) is 0 Å². The molecular formula is C15H17NO3S. The standard InChI is InChI=1S/C15H17NO3S/c1-3-19-13-6-4-12(5-7-13)16-9-11-8-14(15(17)18)20-10(11)2/h4-8,16H,3,9H2,1-2H3,(H,17,18). The molecule has 2 N–H and O–H groups in total. The van der Waals surface area contributed by atoms with E-state index in [4.69, 9.17) is 9.84 Å². The van der Waals surface area contributed by atoms with Crippen molar-refractivity contribution in [2.45, 2.75) is 20.4 Å². The van der Waals surface area contributed by atoms with Gasteiger partial charge < -0.3 is 15.2 Å². The molecule has 0 aliphatic carbocycles. The fraction of sp³-hybridized carbons (Fsp3) is 0.267. The first-order valence-corrected chi connectivity index (χ1v) is 7.21. The van der Waals surface area contributed by atoms with Gasteiger partial charge in [-0.3, -0.25) is 0 Å². The maximum absolute atomic E-state index is 10.9. The van der Waals surface area contributed by atoms with Crippen molar-refractivity contribution in [3.8, 4) is 5.75 Å². The highest BCUT2D eigenvalue weighted by Gasteiger charge is 2.10. The van der Waals surface area contributed by atoms with Crippen molar-refractivity contribution >= 4 is 23.0 Å². The lowest BCUT2D eigenvalue weighted by molar-refractivity contribution is 0.0702. The molecule has 1 heterocycles. The lowest BCUT2D eigenvalue weighted by atomic mass is 10.2. The molecule has 106 valence electrons. The fourth-order valence-corrected chi connectivity index (χ4v) is 2.71. The number of ether oxygens (including phenoxy) is 1. The van der Waals surface area contributed by atoms with Gasteiger partial charge in [0.2, 0.25) is 0 Å². The molecule has 2 rings (SSSR count). The second-order valence-electron chi connectivity index (χ2n) is 4.31. The van der Waals surface area contributed by atoms with E-state index >= 15 is 0 Å². The lowest BCUT2D eigenvalue weighted by Gasteiger charge is -2.07. The van der Waals surface area contributed by atoms with Gasteiger partial charge in [-0.2, -0.15) is 0 Å². The van der Waals surface area contributed by atoms with Crippen LogP contribution in [-0.4, -0.2) is 17.7 Å². The predicted octanol–water partition coefficient (Wildman–Crippen LogP) is 3.77. The first-order valence-electron chi connectivity index (χ1n) is 6.39. The summed E-state index contributed by atoms with van der Waals surface area (Å²) < 4.78 is 5.38. The fourth-order valence-electron chi connectivity index (χ4n) is 1.83. The highest BCUT2D eigenvalue weighted by atomic mass is 32.1. The van der Waals surface area contributed by atoms with E-state index in [9.17, 15) is 4.79 Å². The molecule has 1 aromatic carbocycles. The van der Waals surface area contributed by atoms with Crippen molar-refractivity contribution in [1.82, 2.24) is 0 Å². The van der Waals surface area contributed by atoms with Crippen LogP contribution in [0.15, 0.2) is 30.3 Å². The van der Waals surface area contributed by atoms with Crippen LogP contribution in [0.4, 0.5) is 5.69 Å². The van der Waals surface area contributed by atoms with Crippen molar-refractivity contribution in [2.75, 3.05) is 11.9 Å². The Morgan fingerprint density at radius 2 is 2.05 bits per heavy atom. The van der Waals surface area contributed by atoms with Crippen LogP contribution in [0, 0.1) is 6.92 Å². The summed E-state index contributed by atoms with van der Waals surface area (Å²) in [5, 5.41) is 12.2. The second-order valence-corrected chi connectivity index (χ2v) is 5.56. The molecule has 0 fully saturated rings. The first-order chi connectivity index (χ1) is 9.60. The Balaban J connectivity index is 1.99. The number of anilines is 1. The summed E-state index contributed by atoms with van der Waals surface area (Å²) in [6, 6.07) is 9.45. The Labute approximate surface area is 122 Å². The smallest absolute Gasteiger partial charge is 0.345 e. The van der Waals surface area contributed by atoms with E-state index in [0.29, 0.717) is 18.0 Å². The summed E-state index contributed by atoms with van der Waals surface area (Å²) in [5.41, 5.74) is 2.00. The molecule has 0 spiro atoms. The summed E-state index contributed by atoms with van der Waals surface area (Å²) >= 11 is 1.31. The number of carboxylic acid groups (broad SMARTS) is 1. The number of thiophene rings is 1. The number of nitrogens with one attached hydrogen (secondary N) is 1.